The van der Waals surface area contributed by atoms with Gasteiger partial charge in [0.1, 0.15) is 17.5 Å². The Balaban J connectivity index is 1.69. The number of aliphatic hydroxyl groups is 1. The molecule has 3 N–H and O–H groups in total. The summed E-state index contributed by atoms with van der Waals surface area (Å²) >= 11 is 0. The molecule has 0 unspecified atom stereocenters. The summed E-state index contributed by atoms with van der Waals surface area (Å²) in [6.45, 7) is 0.973. The number of anilines is 1. The van der Waals surface area contributed by atoms with Gasteiger partial charge in [-0.1, -0.05) is 12.1 Å². The number of aromatic nitrogens is 3. The fourth-order valence-electron chi connectivity index (χ4n) is 3.44. The van der Waals surface area contributed by atoms with E-state index in [-0.39, 0.29) is 30.9 Å². The Morgan fingerprint density at radius 2 is 2.00 bits per heavy atom. The van der Waals surface area contributed by atoms with E-state index in [9.17, 15) is 27.1 Å². The number of hydrogen-bond acceptors (Lipinski definition) is 5. The number of fused-ring (bicyclic) bond motifs is 1. The van der Waals surface area contributed by atoms with E-state index in [0.717, 1.165) is 12.3 Å². The average molecular weight is 441 g/mol. The quantitative estimate of drug-likeness (QED) is 0.540. The van der Waals surface area contributed by atoms with Crippen molar-refractivity contribution in [1.82, 2.24) is 19.7 Å². The van der Waals surface area contributed by atoms with Gasteiger partial charge in [0, 0.05) is 31.3 Å². The molecule has 0 saturated carbocycles. The lowest BCUT2D eigenvalue weighted by Gasteiger charge is -2.32. The molecule has 3 aromatic rings. The highest BCUT2D eigenvalue weighted by Crippen LogP contribution is 2.38. The van der Waals surface area contributed by atoms with Crippen LogP contribution in [-0.4, -0.2) is 50.7 Å². The van der Waals surface area contributed by atoms with Crippen molar-refractivity contribution in [2.24, 2.45) is 0 Å². The van der Waals surface area contributed by atoms with Crippen LogP contribution in [0.15, 0.2) is 42.7 Å². The lowest BCUT2D eigenvalue weighted by molar-refractivity contribution is -0.259. The van der Waals surface area contributed by atoms with Gasteiger partial charge < -0.3 is 15.7 Å². The topological polar surface area (TPSA) is 74.5 Å². The molecule has 0 amide bonds. The second-order valence-corrected chi connectivity index (χ2v) is 7.68. The fraction of sp³-hybridized carbons (Fsp3) is 0.400. The van der Waals surface area contributed by atoms with Crippen molar-refractivity contribution < 1.29 is 27.1 Å². The Bertz CT molecular complexity index is 1090. The van der Waals surface area contributed by atoms with Crippen LogP contribution in [0.3, 0.4) is 0 Å². The van der Waals surface area contributed by atoms with Crippen LogP contribution < -0.4 is 10.6 Å². The summed E-state index contributed by atoms with van der Waals surface area (Å²) in [5.74, 6) is -2.69. The van der Waals surface area contributed by atoms with E-state index in [4.69, 9.17) is 0 Å². The van der Waals surface area contributed by atoms with E-state index in [1.54, 1.807) is 12.1 Å². The van der Waals surface area contributed by atoms with E-state index in [0.29, 0.717) is 24.0 Å². The highest BCUT2D eigenvalue weighted by Gasteiger charge is 2.51. The number of nitrogens with zero attached hydrogens (tertiary/aromatic N) is 3. The first-order valence-electron chi connectivity index (χ1n) is 9.58. The van der Waals surface area contributed by atoms with Crippen LogP contribution in [0.5, 0.6) is 0 Å². The van der Waals surface area contributed by atoms with Gasteiger partial charge in [-0.25, -0.2) is 18.7 Å². The van der Waals surface area contributed by atoms with E-state index < -0.39 is 23.7 Å². The molecule has 1 aliphatic heterocycles. The molecule has 11 heteroatoms. The molecule has 4 rings (SSSR count). The zero-order chi connectivity index (χ0) is 22.4. The predicted octanol–water partition coefficient (Wildman–Crippen LogP) is 3.58. The summed E-state index contributed by atoms with van der Waals surface area (Å²) in [6, 6.07) is 6.12. The lowest BCUT2D eigenvalue weighted by atomic mass is 9.97. The molecule has 6 nitrogen and oxygen atoms in total. The third-order valence-electron chi connectivity index (χ3n) is 5.45. The summed E-state index contributed by atoms with van der Waals surface area (Å²) in [4.78, 5) is 8.51. The molecule has 31 heavy (non-hydrogen) atoms. The van der Waals surface area contributed by atoms with Gasteiger partial charge in [-0.3, -0.25) is 4.40 Å². The predicted molar refractivity (Wildman–Crippen MR) is 104 cm³/mol. The molecular weight excluding hydrogens is 421 g/mol. The van der Waals surface area contributed by atoms with Gasteiger partial charge in [-0.05, 0) is 25.1 Å². The van der Waals surface area contributed by atoms with Crippen molar-refractivity contribution in [3.63, 3.8) is 0 Å². The van der Waals surface area contributed by atoms with Crippen LogP contribution >= 0.6 is 0 Å². The Morgan fingerprint density at radius 1 is 1.23 bits per heavy atom. The number of piperidine rings is 1. The smallest absolute Gasteiger partial charge is 0.376 e. The van der Waals surface area contributed by atoms with Gasteiger partial charge in [0.25, 0.3) is 5.92 Å². The molecular formula is C20H20F5N5O. The van der Waals surface area contributed by atoms with Crippen molar-refractivity contribution >= 4 is 11.5 Å². The van der Waals surface area contributed by atoms with Crippen molar-refractivity contribution in [3.8, 4) is 11.4 Å². The molecule has 1 aliphatic rings. The zero-order valence-corrected chi connectivity index (χ0v) is 16.4. The molecule has 0 aliphatic carbocycles. The van der Waals surface area contributed by atoms with Gasteiger partial charge in [0.2, 0.25) is 0 Å². The zero-order valence-electron chi connectivity index (χ0n) is 16.4. The fourth-order valence-corrected chi connectivity index (χ4v) is 3.44. The molecule has 0 bridgehead atoms. The maximum absolute atomic E-state index is 14.1. The van der Waals surface area contributed by atoms with Crippen LogP contribution in [-0.2, 0) is 5.60 Å². The number of imidazole rings is 1. The first kappa shape index (κ1) is 21.4. The van der Waals surface area contributed by atoms with E-state index >= 15 is 0 Å². The maximum Gasteiger partial charge on any atom is 0.421 e. The minimum absolute atomic E-state index is 0.0738. The second kappa shape index (κ2) is 7.41. The number of rotatable bonds is 4. The van der Waals surface area contributed by atoms with Gasteiger partial charge in [0.15, 0.2) is 5.60 Å². The highest BCUT2D eigenvalue weighted by molar-refractivity contribution is 5.62. The Hall–Kier alpha value is -2.79. The first-order chi connectivity index (χ1) is 14.5. The summed E-state index contributed by atoms with van der Waals surface area (Å²) < 4.78 is 69.4. The minimum atomic E-state index is -4.87. The molecule has 4 heterocycles. The van der Waals surface area contributed by atoms with Crippen molar-refractivity contribution in [2.75, 3.05) is 18.4 Å². The van der Waals surface area contributed by atoms with E-state index in [1.165, 1.54) is 22.7 Å². The number of pyridine rings is 2. The molecule has 0 radical (unpaired) electrons. The van der Waals surface area contributed by atoms with Crippen molar-refractivity contribution in [2.45, 2.75) is 37.1 Å². The summed E-state index contributed by atoms with van der Waals surface area (Å²) in [6.07, 6.45) is -2.60. The molecule has 2 atom stereocenters. The Morgan fingerprint density at radius 3 is 2.71 bits per heavy atom. The molecule has 166 valence electrons. The van der Waals surface area contributed by atoms with Gasteiger partial charge in [-0.15, -0.1) is 0 Å². The van der Waals surface area contributed by atoms with Gasteiger partial charge in [0.05, 0.1) is 17.6 Å². The van der Waals surface area contributed by atoms with E-state index in [2.05, 4.69) is 20.6 Å². The number of alkyl halides is 5. The first-order valence-corrected chi connectivity index (χ1v) is 9.58. The van der Waals surface area contributed by atoms with Crippen molar-refractivity contribution in [3.05, 3.63) is 48.3 Å². The molecule has 1 fully saturated rings. The summed E-state index contributed by atoms with van der Waals surface area (Å²) in [5.41, 5.74) is -2.40. The van der Waals surface area contributed by atoms with Crippen LogP contribution in [0.2, 0.25) is 0 Å². The SMILES string of the molecule is C[C@](O)(c1ccc2ncc(-c3cccc(N[C@H]4CNCCC4(F)F)n3)n2c1)C(F)(F)F. The van der Waals surface area contributed by atoms with Gasteiger partial charge >= 0.3 is 6.18 Å². The Labute approximate surface area is 174 Å². The number of halogens is 5. The second-order valence-electron chi connectivity index (χ2n) is 7.68. The van der Waals surface area contributed by atoms with Crippen LogP contribution in [0.25, 0.3) is 17.0 Å². The molecule has 3 aromatic heterocycles. The Kier molecular flexibility index (Phi) is 5.13. The third-order valence-corrected chi connectivity index (χ3v) is 5.45. The van der Waals surface area contributed by atoms with Gasteiger partial charge in [-0.2, -0.15) is 13.2 Å². The van der Waals surface area contributed by atoms with E-state index in [1.807, 2.05) is 0 Å². The summed E-state index contributed by atoms with van der Waals surface area (Å²) in [7, 11) is 0. The average Bonchev–Trinajstić information content (AvgIpc) is 3.12. The maximum atomic E-state index is 14.1. The lowest BCUT2D eigenvalue weighted by Crippen LogP contribution is -2.52. The van der Waals surface area contributed by atoms with Crippen LogP contribution in [0.1, 0.15) is 18.9 Å². The monoisotopic (exact) mass is 441 g/mol. The third kappa shape index (κ3) is 3.94. The molecule has 0 aromatic carbocycles. The normalized spacial score (nSPS) is 21.1. The van der Waals surface area contributed by atoms with Crippen molar-refractivity contribution in [1.29, 1.82) is 0 Å². The minimum Gasteiger partial charge on any atom is -0.376 e. The number of hydrogen-bond donors (Lipinski definition) is 3. The highest BCUT2D eigenvalue weighted by atomic mass is 19.4. The van der Waals surface area contributed by atoms with Crippen LogP contribution in [0.4, 0.5) is 27.8 Å². The molecule has 1 saturated heterocycles. The number of nitrogens with one attached hydrogen (secondary N) is 2. The summed E-state index contributed by atoms with van der Waals surface area (Å²) in [5, 5.41) is 15.6. The standard InChI is InChI=1S/C20H20F5N5O/c1-18(31,20(23,24)25)12-5-6-17-27-9-14(30(17)11-12)13-3-2-4-16(28-13)29-15-10-26-8-7-19(15,21)22/h2-6,9,11,15,26,31H,7-8,10H2,1H3,(H,28,29)/t15-,18-/m0/s1. The molecule has 0 spiro atoms. The van der Waals surface area contributed by atoms with Crippen LogP contribution in [0, 0.1) is 0 Å². The largest absolute Gasteiger partial charge is 0.421 e.